The lowest BCUT2D eigenvalue weighted by Gasteiger charge is -2.12. The average Bonchev–Trinajstić information content (AvgIpc) is 2.16. The van der Waals surface area contributed by atoms with E-state index in [4.69, 9.17) is 17.2 Å². The molecule has 6 N–H and O–H groups in total. The summed E-state index contributed by atoms with van der Waals surface area (Å²) in [5.41, 5.74) is 18.0. The van der Waals surface area contributed by atoms with Crippen LogP contribution in [0.4, 0.5) is 10.5 Å². The molecule has 1 radical (unpaired) electrons. The Morgan fingerprint density at radius 1 is 1.33 bits per heavy atom. The molecule has 0 saturated heterocycles. The second-order valence-corrected chi connectivity index (χ2v) is 2.92. The number of amides is 3. The van der Waals surface area contributed by atoms with Crippen LogP contribution in [0.3, 0.4) is 0 Å². The summed E-state index contributed by atoms with van der Waals surface area (Å²) in [5, 5.41) is 2.33. The van der Waals surface area contributed by atoms with Gasteiger partial charge in [-0.3, -0.25) is 10.5 Å². The van der Waals surface area contributed by atoms with E-state index in [2.05, 4.69) is 5.32 Å². The molecule has 15 heavy (non-hydrogen) atoms. The minimum absolute atomic E-state index is 0.345. The number of urea groups is 1. The van der Waals surface area contributed by atoms with Crippen LogP contribution in [0.15, 0.2) is 24.3 Å². The molecule has 0 saturated carbocycles. The molecule has 1 aromatic carbocycles. The van der Waals surface area contributed by atoms with E-state index in [-0.39, 0.29) is 0 Å². The molecule has 6 heteroatoms. The molecule has 0 aliphatic rings. The summed E-state index contributed by atoms with van der Waals surface area (Å²) in [6.45, 7) is 0. The van der Waals surface area contributed by atoms with Crippen molar-refractivity contribution in [2.24, 2.45) is 11.5 Å². The molecule has 0 aliphatic heterocycles. The van der Waals surface area contributed by atoms with Crippen LogP contribution in [0.1, 0.15) is 11.6 Å². The molecule has 0 fully saturated rings. The Bertz CT molecular complexity index is 391. The number of hydrogen-bond acceptors (Lipinski definition) is 3. The zero-order valence-electron chi connectivity index (χ0n) is 7.86. The van der Waals surface area contributed by atoms with Crippen LogP contribution >= 0.6 is 0 Å². The zero-order chi connectivity index (χ0) is 11.4. The van der Waals surface area contributed by atoms with Crippen LogP contribution in [0.5, 0.6) is 0 Å². The fourth-order valence-corrected chi connectivity index (χ4v) is 1.16. The Morgan fingerprint density at radius 2 is 1.93 bits per heavy atom. The van der Waals surface area contributed by atoms with Gasteiger partial charge < -0.3 is 16.8 Å². The first-order valence-corrected chi connectivity index (χ1v) is 4.18. The largest absolute Gasteiger partial charge is 0.351 e. The Morgan fingerprint density at radius 3 is 2.47 bits per heavy atom. The van der Waals surface area contributed by atoms with Gasteiger partial charge in [-0.25, -0.2) is 4.79 Å². The van der Waals surface area contributed by atoms with Crippen LogP contribution in [0.2, 0.25) is 0 Å². The summed E-state index contributed by atoms with van der Waals surface area (Å²) in [5.74, 6) is -0.922. The molecule has 0 aliphatic carbocycles. The number of hydrogen-bond donors (Lipinski definition) is 3. The van der Waals surface area contributed by atoms with Gasteiger partial charge in [0.2, 0.25) is 0 Å². The predicted molar refractivity (Wildman–Crippen MR) is 54.7 cm³/mol. The van der Waals surface area contributed by atoms with Gasteiger partial charge in [0.05, 0.1) is 0 Å². The van der Waals surface area contributed by atoms with Gasteiger partial charge >= 0.3 is 6.03 Å². The third-order valence-corrected chi connectivity index (χ3v) is 1.84. The molecule has 0 aromatic heterocycles. The molecule has 1 rings (SSSR count). The topological polar surface area (TPSA) is 122 Å². The molecular weight excluding hydrogens is 196 g/mol. The van der Waals surface area contributed by atoms with Crippen molar-refractivity contribution in [3.8, 4) is 0 Å². The van der Waals surface area contributed by atoms with Gasteiger partial charge in [-0.05, 0) is 6.07 Å². The third-order valence-electron chi connectivity index (χ3n) is 1.84. The minimum Gasteiger partial charge on any atom is -0.351 e. The molecule has 3 amide bonds. The summed E-state index contributed by atoms with van der Waals surface area (Å²) >= 11 is 0. The maximum Gasteiger partial charge on any atom is 0.316 e. The summed E-state index contributed by atoms with van der Waals surface area (Å²) in [4.78, 5) is 21.4. The molecular formula is C9H11N4O2. The maximum atomic E-state index is 10.8. The maximum absolute atomic E-state index is 10.8. The van der Waals surface area contributed by atoms with Crippen molar-refractivity contribution in [2.45, 2.75) is 6.04 Å². The number of benzene rings is 1. The number of anilines is 1. The van der Waals surface area contributed by atoms with Gasteiger partial charge in [-0.2, -0.15) is 0 Å². The smallest absolute Gasteiger partial charge is 0.316 e. The highest BCUT2D eigenvalue weighted by molar-refractivity contribution is 5.91. The summed E-state index contributed by atoms with van der Waals surface area (Å²) < 4.78 is 0. The second kappa shape index (κ2) is 4.43. The number of nitrogens with two attached hydrogens (primary N) is 2. The van der Waals surface area contributed by atoms with Crippen molar-refractivity contribution in [2.75, 3.05) is 5.32 Å². The number of carbonyl (C=O) groups excluding carboxylic acids is 2. The van der Waals surface area contributed by atoms with Gasteiger partial charge in [0, 0.05) is 11.3 Å². The predicted octanol–water partition coefficient (Wildman–Crippen LogP) is -0.0135. The highest BCUT2D eigenvalue weighted by atomic mass is 16.2. The molecule has 0 bridgehead atoms. The van der Waals surface area contributed by atoms with Crippen molar-refractivity contribution >= 4 is 17.6 Å². The van der Waals surface area contributed by atoms with Gasteiger partial charge in [0.25, 0.3) is 5.91 Å². The fraction of sp³-hybridized carbons (Fsp3) is 0.111. The van der Waals surface area contributed by atoms with Crippen LogP contribution in [0.25, 0.3) is 0 Å². The van der Waals surface area contributed by atoms with Crippen molar-refractivity contribution in [3.05, 3.63) is 29.8 Å². The Kier molecular flexibility index (Phi) is 3.25. The van der Waals surface area contributed by atoms with Gasteiger partial charge in [-0.1, -0.05) is 18.2 Å². The first-order valence-electron chi connectivity index (χ1n) is 4.18. The highest BCUT2D eigenvalue weighted by Gasteiger charge is 2.16. The molecule has 79 valence electrons. The van der Waals surface area contributed by atoms with Crippen LogP contribution in [-0.4, -0.2) is 11.9 Å². The lowest BCUT2D eigenvalue weighted by Crippen LogP contribution is -2.25. The molecule has 1 atom stereocenters. The van der Waals surface area contributed by atoms with E-state index in [9.17, 15) is 9.59 Å². The monoisotopic (exact) mass is 207 g/mol. The number of carbonyl (C=O) groups is 2. The van der Waals surface area contributed by atoms with Crippen molar-refractivity contribution in [3.63, 3.8) is 0 Å². The van der Waals surface area contributed by atoms with Crippen molar-refractivity contribution < 1.29 is 9.59 Å². The van der Waals surface area contributed by atoms with E-state index in [1.165, 1.54) is 0 Å². The third kappa shape index (κ3) is 2.68. The van der Waals surface area contributed by atoms with E-state index in [0.29, 0.717) is 11.3 Å². The minimum atomic E-state index is -1.08. The first-order chi connectivity index (χ1) is 7.02. The van der Waals surface area contributed by atoms with Crippen LogP contribution in [0, 0.1) is 0 Å². The van der Waals surface area contributed by atoms with E-state index >= 15 is 0 Å². The summed E-state index contributed by atoms with van der Waals surface area (Å²) in [6, 6.07) is 4.62. The fourth-order valence-electron chi connectivity index (χ4n) is 1.16. The first kappa shape index (κ1) is 11.0. The van der Waals surface area contributed by atoms with E-state index < -0.39 is 18.0 Å². The second-order valence-electron chi connectivity index (χ2n) is 2.92. The Hall–Kier alpha value is -2.08. The van der Waals surface area contributed by atoms with Crippen LogP contribution < -0.4 is 22.5 Å². The Balaban J connectivity index is 3.05. The number of primary amides is 1. The molecule has 6 nitrogen and oxygen atoms in total. The van der Waals surface area contributed by atoms with E-state index in [1.807, 2.05) is 0 Å². The molecule has 0 heterocycles. The zero-order valence-corrected chi connectivity index (χ0v) is 7.86. The van der Waals surface area contributed by atoms with Crippen LogP contribution in [-0.2, 0) is 4.79 Å². The SMILES string of the molecule is [NH]C(=O)C(N)c1ccccc1NC(N)=O. The number of rotatable bonds is 3. The normalized spacial score (nSPS) is 11.8. The van der Waals surface area contributed by atoms with E-state index in [1.54, 1.807) is 24.3 Å². The number of para-hydroxylation sites is 1. The highest BCUT2D eigenvalue weighted by Crippen LogP contribution is 2.20. The molecule has 1 aromatic rings. The van der Waals surface area contributed by atoms with Gasteiger partial charge in [0.15, 0.2) is 0 Å². The lowest BCUT2D eigenvalue weighted by molar-refractivity contribution is -0.120. The quantitative estimate of drug-likeness (QED) is 0.645. The van der Waals surface area contributed by atoms with E-state index in [0.717, 1.165) is 0 Å². The lowest BCUT2D eigenvalue weighted by atomic mass is 10.1. The average molecular weight is 207 g/mol. The van der Waals surface area contributed by atoms with Gasteiger partial charge in [-0.15, -0.1) is 0 Å². The number of nitrogens with one attached hydrogen (secondary N) is 2. The van der Waals surface area contributed by atoms with Crippen molar-refractivity contribution in [1.29, 1.82) is 0 Å². The molecule has 0 spiro atoms. The summed E-state index contributed by atoms with van der Waals surface area (Å²) in [7, 11) is 0. The van der Waals surface area contributed by atoms with Crippen molar-refractivity contribution in [1.82, 2.24) is 5.73 Å². The standard InChI is InChI=1S/C9H11N4O2/c10-7(8(11)14)5-3-1-2-4-6(5)13-9(12)15/h1-4,7,11H,10H2,(H3,12,13,15). The van der Waals surface area contributed by atoms with Gasteiger partial charge in [0.1, 0.15) is 6.04 Å². The Labute approximate surface area is 86.4 Å². The summed E-state index contributed by atoms with van der Waals surface area (Å²) in [6.07, 6.45) is 0. The molecule has 1 unspecified atom stereocenters.